The minimum absolute atomic E-state index is 0.0286. The number of carbonyl (C=O) groups is 2. The van der Waals surface area contributed by atoms with Crippen LogP contribution in [-0.4, -0.2) is 24.1 Å². The first kappa shape index (κ1) is 17.2. The van der Waals surface area contributed by atoms with Gasteiger partial charge in [-0.25, -0.2) is 4.79 Å². The van der Waals surface area contributed by atoms with Gasteiger partial charge in [-0.1, -0.05) is 42.5 Å². The molecule has 0 unspecified atom stereocenters. The number of amides is 1. The van der Waals surface area contributed by atoms with Crippen molar-refractivity contribution < 1.29 is 19.4 Å². The van der Waals surface area contributed by atoms with Crippen LogP contribution in [0, 0.1) is 0 Å². The van der Waals surface area contributed by atoms with E-state index in [4.69, 9.17) is 4.74 Å². The number of aromatic carboxylic acids is 1. The summed E-state index contributed by atoms with van der Waals surface area (Å²) in [6, 6.07) is 21.1. The molecule has 3 rings (SSSR count). The lowest BCUT2D eigenvalue weighted by Gasteiger charge is -2.12. The lowest BCUT2D eigenvalue weighted by atomic mass is 10.0. The minimum atomic E-state index is -1.11. The van der Waals surface area contributed by atoms with Crippen molar-refractivity contribution in [1.29, 1.82) is 0 Å². The van der Waals surface area contributed by atoms with E-state index in [0.717, 1.165) is 11.1 Å². The van der Waals surface area contributed by atoms with Crippen LogP contribution in [0.2, 0.25) is 0 Å². The molecular formula is C21H17NO4. The molecule has 5 nitrogen and oxygen atoms in total. The molecule has 26 heavy (non-hydrogen) atoms. The van der Waals surface area contributed by atoms with Crippen molar-refractivity contribution in [2.24, 2.45) is 0 Å². The van der Waals surface area contributed by atoms with Gasteiger partial charge in [-0.05, 0) is 41.5 Å². The number of carboxylic acid groups (broad SMARTS) is 1. The molecule has 2 N–H and O–H groups in total. The molecular weight excluding hydrogens is 330 g/mol. The molecule has 5 heteroatoms. The van der Waals surface area contributed by atoms with E-state index in [2.05, 4.69) is 5.32 Å². The second-order valence-electron chi connectivity index (χ2n) is 5.62. The van der Waals surface area contributed by atoms with Gasteiger partial charge in [0.25, 0.3) is 5.91 Å². The molecule has 0 aliphatic heterocycles. The summed E-state index contributed by atoms with van der Waals surface area (Å²) < 4.78 is 5.12. The average molecular weight is 347 g/mol. The van der Waals surface area contributed by atoms with Gasteiger partial charge < -0.3 is 15.2 Å². The highest BCUT2D eigenvalue weighted by molar-refractivity contribution is 6.08. The Balaban J connectivity index is 1.96. The third kappa shape index (κ3) is 3.72. The zero-order valence-electron chi connectivity index (χ0n) is 14.1. The molecule has 130 valence electrons. The predicted molar refractivity (Wildman–Crippen MR) is 99.8 cm³/mol. The van der Waals surface area contributed by atoms with Crippen LogP contribution >= 0.6 is 0 Å². The third-order valence-corrected chi connectivity index (χ3v) is 3.94. The normalized spacial score (nSPS) is 10.2. The fourth-order valence-corrected chi connectivity index (χ4v) is 2.60. The summed E-state index contributed by atoms with van der Waals surface area (Å²) in [7, 11) is 1.52. The number of methoxy groups -OCH3 is 1. The largest absolute Gasteiger partial charge is 0.497 e. The van der Waals surface area contributed by atoms with Crippen molar-refractivity contribution in [2.75, 3.05) is 12.4 Å². The lowest BCUT2D eigenvalue weighted by molar-refractivity contribution is 0.0698. The van der Waals surface area contributed by atoms with Crippen LogP contribution in [0.4, 0.5) is 5.69 Å². The number of rotatable bonds is 5. The first-order chi connectivity index (χ1) is 12.6. The maximum Gasteiger partial charge on any atom is 0.337 e. The maximum atomic E-state index is 12.5. The van der Waals surface area contributed by atoms with Gasteiger partial charge >= 0.3 is 5.97 Å². The van der Waals surface area contributed by atoms with E-state index in [9.17, 15) is 14.7 Å². The quantitative estimate of drug-likeness (QED) is 0.721. The molecule has 1 amide bonds. The fourth-order valence-electron chi connectivity index (χ4n) is 2.60. The lowest BCUT2D eigenvalue weighted by Crippen LogP contribution is -2.15. The zero-order valence-corrected chi connectivity index (χ0v) is 14.1. The van der Waals surface area contributed by atoms with Crippen LogP contribution < -0.4 is 10.1 Å². The molecule has 0 aliphatic rings. The Morgan fingerprint density at radius 2 is 1.65 bits per heavy atom. The van der Waals surface area contributed by atoms with Crippen molar-refractivity contribution in [2.45, 2.75) is 0 Å². The van der Waals surface area contributed by atoms with Crippen LogP contribution in [0.1, 0.15) is 20.7 Å². The van der Waals surface area contributed by atoms with E-state index in [1.165, 1.54) is 13.2 Å². The molecule has 0 bridgehead atoms. The molecule has 0 spiro atoms. The number of benzene rings is 3. The van der Waals surface area contributed by atoms with Gasteiger partial charge in [0.15, 0.2) is 0 Å². The summed E-state index contributed by atoms with van der Waals surface area (Å²) in [5.41, 5.74) is 2.40. The number of carbonyl (C=O) groups excluding carboxylic acids is 1. The van der Waals surface area contributed by atoms with Crippen LogP contribution in [0.15, 0.2) is 72.8 Å². The maximum absolute atomic E-state index is 12.5. The topological polar surface area (TPSA) is 75.6 Å². The molecule has 3 aromatic carbocycles. The van der Waals surface area contributed by atoms with E-state index in [-0.39, 0.29) is 11.3 Å². The van der Waals surface area contributed by atoms with Gasteiger partial charge in [0.2, 0.25) is 0 Å². The summed E-state index contributed by atoms with van der Waals surface area (Å²) >= 11 is 0. The molecule has 0 saturated carbocycles. The average Bonchev–Trinajstić information content (AvgIpc) is 2.68. The fraction of sp³-hybridized carbons (Fsp3) is 0.0476. The summed E-state index contributed by atoms with van der Waals surface area (Å²) in [6.07, 6.45) is 0. The van der Waals surface area contributed by atoms with Crippen molar-refractivity contribution in [3.8, 4) is 16.9 Å². The van der Waals surface area contributed by atoms with Gasteiger partial charge in [-0.2, -0.15) is 0 Å². The Kier molecular flexibility index (Phi) is 4.99. The van der Waals surface area contributed by atoms with E-state index in [1.807, 2.05) is 30.3 Å². The number of anilines is 1. The Morgan fingerprint density at radius 3 is 2.35 bits per heavy atom. The summed E-state index contributed by atoms with van der Waals surface area (Å²) in [5, 5.41) is 12.1. The molecule has 0 aliphatic carbocycles. The minimum Gasteiger partial charge on any atom is -0.497 e. The second kappa shape index (κ2) is 7.53. The molecule has 0 saturated heterocycles. The standard InChI is InChI=1S/C21H17NO4/c1-26-17-9-5-8-16(12-17)20(23)22-19-13-15(10-11-18(19)21(24)25)14-6-3-2-4-7-14/h2-13H,1H3,(H,22,23)(H,24,25). The van der Waals surface area contributed by atoms with E-state index in [0.29, 0.717) is 11.3 Å². The van der Waals surface area contributed by atoms with Gasteiger partial charge in [0.05, 0.1) is 18.4 Å². The van der Waals surface area contributed by atoms with E-state index >= 15 is 0 Å². The van der Waals surface area contributed by atoms with Gasteiger partial charge in [0, 0.05) is 5.56 Å². The Labute approximate surface area is 150 Å². The van der Waals surface area contributed by atoms with Crippen LogP contribution in [-0.2, 0) is 0 Å². The van der Waals surface area contributed by atoms with Crippen LogP contribution in [0.5, 0.6) is 5.75 Å². The number of carboxylic acids is 1. The van der Waals surface area contributed by atoms with Gasteiger partial charge in [0.1, 0.15) is 5.75 Å². The third-order valence-electron chi connectivity index (χ3n) is 3.94. The van der Waals surface area contributed by atoms with Crippen molar-refractivity contribution in [3.63, 3.8) is 0 Å². The Bertz CT molecular complexity index is 951. The molecule has 0 heterocycles. The molecule has 0 radical (unpaired) electrons. The number of hydrogen-bond acceptors (Lipinski definition) is 3. The first-order valence-corrected chi connectivity index (χ1v) is 7.96. The van der Waals surface area contributed by atoms with Crippen LogP contribution in [0.3, 0.4) is 0 Å². The highest BCUT2D eigenvalue weighted by Crippen LogP contribution is 2.26. The van der Waals surface area contributed by atoms with Crippen molar-refractivity contribution in [1.82, 2.24) is 0 Å². The molecule has 0 fully saturated rings. The smallest absolute Gasteiger partial charge is 0.337 e. The van der Waals surface area contributed by atoms with Gasteiger partial charge in [-0.3, -0.25) is 4.79 Å². The predicted octanol–water partition coefficient (Wildman–Crippen LogP) is 4.31. The Morgan fingerprint density at radius 1 is 0.885 bits per heavy atom. The zero-order chi connectivity index (χ0) is 18.5. The summed E-state index contributed by atoms with van der Waals surface area (Å²) in [5.74, 6) is -0.962. The highest BCUT2D eigenvalue weighted by Gasteiger charge is 2.15. The first-order valence-electron chi connectivity index (χ1n) is 7.96. The second-order valence-corrected chi connectivity index (χ2v) is 5.62. The molecule has 3 aromatic rings. The summed E-state index contributed by atoms with van der Waals surface area (Å²) in [6.45, 7) is 0. The number of nitrogens with one attached hydrogen (secondary N) is 1. The molecule has 0 aromatic heterocycles. The Hall–Kier alpha value is -3.60. The monoisotopic (exact) mass is 347 g/mol. The van der Waals surface area contributed by atoms with Crippen molar-refractivity contribution in [3.05, 3.63) is 83.9 Å². The van der Waals surface area contributed by atoms with E-state index < -0.39 is 11.9 Å². The summed E-state index contributed by atoms with van der Waals surface area (Å²) in [4.78, 5) is 24.1. The van der Waals surface area contributed by atoms with Gasteiger partial charge in [-0.15, -0.1) is 0 Å². The SMILES string of the molecule is COc1cccc(C(=O)Nc2cc(-c3ccccc3)ccc2C(=O)O)c1. The van der Waals surface area contributed by atoms with Crippen molar-refractivity contribution >= 4 is 17.6 Å². The number of hydrogen-bond donors (Lipinski definition) is 2. The van der Waals surface area contributed by atoms with E-state index in [1.54, 1.807) is 36.4 Å². The highest BCUT2D eigenvalue weighted by atomic mass is 16.5. The number of ether oxygens (including phenoxy) is 1. The van der Waals surface area contributed by atoms with Crippen LogP contribution in [0.25, 0.3) is 11.1 Å². The molecule has 0 atom stereocenters.